The zero-order valence-electron chi connectivity index (χ0n) is 10.00. The maximum Gasteiger partial charge on any atom is 0.0934 e. The maximum absolute atomic E-state index is 5.66. The van der Waals surface area contributed by atoms with Crippen LogP contribution < -0.4 is 5.32 Å². The second kappa shape index (κ2) is 8.05. The zero-order chi connectivity index (χ0) is 10.9. The van der Waals surface area contributed by atoms with Gasteiger partial charge in [0, 0.05) is 45.9 Å². The monoisotopic (exact) mass is 216 g/mol. The van der Waals surface area contributed by atoms with Crippen molar-refractivity contribution in [3.05, 3.63) is 0 Å². The first kappa shape index (κ1) is 12.9. The van der Waals surface area contributed by atoms with E-state index in [9.17, 15) is 0 Å². The molecule has 0 saturated carbocycles. The molecule has 1 heterocycles. The van der Waals surface area contributed by atoms with E-state index in [0.29, 0.717) is 6.61 Å². The summed E-state index contributed by atoms with van der Waals surface area (Å²) in [5.74, 6) is 0. The molecule has 1 fully saturated rings. The van der Waals surface area contributed by atoms with Crippen molar-refractivity contribution in [1.29, 1.82) is 0 Å². The Kier molecular flexibility index (Phi) is 6.92. The molecule has 0 aliphatic carbocycles. The van der Waals surface area contributed by atoms with Crippen LogP contribution in [0.25, 0.3) is 0 Å². The molecule has 0 aromatic heterocycles. The van der Waals surface area contributed by atoms with Crippen LogP contribution in [0.1, 0.15) is 13.8 Å². The summed E-state index contributed by atoms with van der Waals surface area (Å²) in [6.45, 7) is 11.7. The number of hydrogen-bond donors (Lipinski definition) is 1. The fraction of sp³-hybridized carbons (Fsp3) is 1.00. The van der Waals surface area contributed by atoms with Crippen molar-refractivity contribution in [2.45, 2.75) is 20.0 Å². The lowest BCUT2D eigenvalue weighted by molar-refractivity contribution is -0.0267. The topological polar surface area (TPSA) is 33.7 Å². The van der Waals surface area contributed by atoms with E-state index in [1.54, 1.807) is 0 Å². The molecule has 4 heteroatoms. The van der Waals surface area contributed by atoms with Crippen molar-refractivity contribution in [2.75, 3.05) is 52.5 Å². The molecular formula is C11H24N2O2. The van der Waals surface area contributed by atoms with Gasteiger partial charge < -0.3 is 14.8 Å². The third-order valence-electron chi connectivity index (χ3n) is 2.58. The average Bonchev–Trinajstić information content (AvgIpc) is 2.28. The van der Waals surface area contributed by atoms with Crippen molar-refractivity contribution < 1.29 is 9.47 Å². The minimum absolute atomic E-state index is 0.230. The van der Waals surface area contributed by atoms with Crippen molar-refractivity contribution >= 4 is 0 Å². The summed E-state index contributed by atoms with van der Waals surface area (Å²) in [5, 5.41) is 3.35. The van der Waals surface area contributed by atoms with Crippen LogP contribution in [0.15, 0.2) is 0 Å². The molecule has 1 aliphatic rings. The first-order valence-corrected chi connectivity index (χ1v) is 5.99. The van der Waals surface area contributed by atoms with Crippen LogP contribution in [0, 0.1) is 0 Å². The van der Waals surface area contributed by atoms with Crippen LogP contribution in [-0.2, 0) is 9.47 Å². The van der Waals surface area contributed by atoms with Gasteiger partial charge in [-0.25, -0.2) is 0 Å². The normalized spacial score (nSPS) is 20.4. The zero-order valence-corrected chi connectivity index (χ0v) is 10.00. The molecule has 15 heavy (non-hydrogen) atoms. The lowest BCUT2D eigenvalue weighted by Gasteiger charge is -2.30. The van der Waals surface area contributed by atoms with Gasteiger partial charge in [0.2, 0.25) is 0 Å². The molecule has 0 aromatic carbocycles. The van der Waals surface area contributed by atoms with Gasteiger partial charge in [-0.3, -0.25) is 4.90 Å². The minimum atomic E-state index is 0.230. The quantitative estimate of drug-likeness (QED) is 0.665. The molecule has 90 valence electrons. The Morgan fingerprint density at radius 3 is 2.53 bits per heavy atom. The highest BCUT2D eigenvalue weighted by Crippen LogP contribution is 2.00. The van der Waals surface area contributed by atoms with Gasteiger partial charge in [0.15, 0.2) is 0 Å². The highest BCUT2D eigenvalue weighted by atomic mass is 16.5. The maximum atomic E-state index is 5.66. The summed E-state index contributed by atoms with van der Waals surface area (Å²) in [4.78, 5) is 2.44. The molecule has 0 bridgehead atoms. The summed E-state index contributed by atoms with van der Waals surface area (Å²) in [6.07, 6.45) is 0.230. The van der Waals surface area contributed by atoms with E-state index in [1.165, 1.54) is 0 Å². The van der Waals surface area contributed by atoms with E-state index in [4.69, 9.17) is 9.47 Å². The van der Waals surface area contributed by atoms with E-state index in [1.807, 2.05) is 13.8 Å². The third-order valence-corrected chi connectivity index (χ3v) is 2.58. The SMILES string of the molecule is CCOCC(CN1CCNCC1)OCC. The molecule has 0 radical (unpaired) electrons. The molecule has 1 saturated heterocycles. The summed E-state index contributed by atoms with van der Waals surface area (Å²) in [6, 6.07) is 0. The molecule has 1 aliphatic heterocycles. The minimum Gasteiger partial charge on any atom is -0.379 e. The average molecular weight is 216 g/mol. The summed E-state index contributed by atoms with van der Waals surface area (Å²) >= 11 is 0. The predicted octanol–water partition coefficient (Wildman–Crippen LogP) is 0.333. The molecule has 4 nitrogen and oxygen atoms in total. The fourth-order valence-corrected chi connectivity index (χ4v) is 1.82. The van der Waals surface area contributed by atoms with Crippen molar-refractivity contribution in [2.24, 2.45) is 0 Å². The van der Waals surface area contributed by atoms with Crippen LogP contribution in [0.4, 0.5) is 0 Å². The number of rotatable bonds is 7. The van der Waals surface area contributed by atoms with Gasteiger partial charge in [0.25, 0.3) is 0 Å². The van der Waals surface area contributed by atoms with Crippen molar-refractivity contribution in [3.63, 3.8) is 0 Å². The van der Waals surface area contributed by atoms with Crippen LogP contribution in [0.5, 0.6) is 0 Å². The molecule has 1 unspecified atom stereocenters. The van der Waals surface area contributed by atoms with E-state index in [2.05, 4.69) is 10.2 Å². The number of piperazine rings is 1. The summed E-state index contributed by atoms with van der Waals surface area (Å²) in [5.41, 5.74) is 0. The summed E-state index contributed by atoms with van der Waals surface area (Å²) < 4.78 is 11.1. The van der Waals surface area contributed by atoms with Crippen molar-refractivity contribution in [1.82, 2.24) is 10.2 Å². The van der Waals surface area contributed by atoms with Gasteiger partial charge >= 0.3 is 0 Å². The second-order valence-corrected chi connectivity index (χ2v) is 3.79. The molecule has 1 atom stereocenters. The molecule has 0 aromatic rings. The third kappa shape index (κ3) is 5.47. The Balaban J connectivity index is 2.21. The highest BCUT2D eigenvalue weighted by Gasteiger charge is 2.16. The number of hydrogen-bond acceptors (Lipinski definition) is 4. The number of ether oxygens (including phenoxy) is 2. The lowest BCUT2D eigenvalue weighted by atomic mass is 10.3. The summed E-state index contributed by atoms with van der Waals surface area (Å²) in [7, 11) is 0. The Morgan fingerprint density at radius 1 is 1.20 bits per heavy atom. The highest BCUT2D eigenvalue weighted by molar-refractivity contribution is 4.71. The molecule has 1 rings (SSSR count). The fourth-order valence-electron chi connectivity index (χ4n) is 1.82. The van der Waals surface area contributed by atoms with Gasteiger partial charge in [-0.1, -0.05) is 0 Å². The van der Waals surface area contributed by atoms with E-state index >= 15 is 0 Å². The van der Waals surface area contributed by atoms with Crippen molar-refractivity contribution in [3.8, 4) is 0 Å². The van der Waals surface area contributed by atoms with Crippen LogP contribution >= 0.6 is 0 Å². The smallest absolute Gasteiger partial charge is 0.0934 e. The Bertz CT molecular complexity index is 150. The molecule has 0 spiro atoms. The van der Waals surface area contributed by atoms with Crippen LogP contribution in [0.3, 0.4) is 0 Å². The standard InChI is InChI=1S/C11H24N2O2/c1-3-14-10-11(15-4-2)9-13-7-5-12-6-8-13/h11-12H,3-10H2,1-2H3. The number of nitrogens with one attached hydrogen (secondary N) is 1. The Labute approximate surface area is 92.9 Å². The van der Waals surface area contributed by atoms with E-state index < -0.39 is 0 Å². The Morgan fingerprint density at radius 2 is 1.93 bits per heavy atom. The molecule has 1 N–H and O–H groups in total. The van der Waals surface area contributed by atoms with Crippen LogP contribution in [-0.4, -0.2) is 63.5 Å². The predicted molar refractivity (Wildman–Crippen MR) is 61.2 cm³/mol. The van der Waals surface area contributed by atoms with Gasteiger partial charge in [-0.2, -0.15) is 0 Å². The molecule has 0 amide bonds. The van der Waals surface area contributed by atoms with Gasteiger partial charge in [-0.15, -0.1) is 0 Å². The lowest BCUT2D eigenvalue weighted by Crippen LogP contribution is -2.47. The largest absolute Gasteiger partial charge is 0.379 e. The Hall–Kier alpha value is -0.160. The van der Waals surface area contributed by atoms with E-state index in [0.717, 1.165) is 45.9 Å². The van der Waals surface area contributed by atoms with Gasteiger partial charge in [-0.05, 0) is 13.8 Å². The molecular weight excluding hydrogens is 192 g/mol. The van der Waals surface area contributed by atoms with Gasteiger partial charge in [0.1, 0.15) is 0 Å². The van der Waals surface area contributed by atoms with Crippen LogP contribution in [0.2, 0.25) is 0 Å². The van der Waals surface area contributed by atoms with Gasteiger partial charge in [0.05, 0.1) is 12.7 Å². The van der Waals surface area contributed by atoms with E-state index in [-0.39, 0.29) is 6.10 Å². The second-order valence-electron chi connectivity index (χ2n) is 3.79. The number of nitrogens with zero attached hydrogens (tertiary/aromatic N) is 1. The first-order valence-electron chi connectivity index (χ1n) is 5.99. The first-order chi connectivity index (χ1) is 7.36.